The van der Waals surface area contributed by atoms with Crippen LogP contribution in [0.4, 0.5) is 5.82 Å². The first-order valence-electron chi connectivity index (χ1n) is 8.17. The summed E-state index contributed by atoms with van der Waals surface area (Å²) in [5.74, 6) is 1.58. The standard InChI is InChI=1S/C18H26ClN3Si/c1-6-15-17(19)18(20-2)22-16(21-15)12-9-13-7-10-14(11-8-13)23(3,4)5/h7-8,10-11H,6,9,12H2,1-5H3,(H,20,21,22). The first-order valence-corrected chi connectivity index (χ1v) is 12.1. The fourth-order valence-corrected chi connectivity index (χ4v) is 3.96. The van der Waals surface area contributed by atoms with Gasteiger partial charge in [-0.15, -0.1) is 0 Å². The minimum atomic E-state index is -1.22. The van der Waals surface area contributed by atoms with Gasteiger partial charge in [-0.05, 0) is 18.4 Å². The van der Waals surface area contributed by atoms with Crippen molar-refractivity contribution in [1.82, 2.24) is 9.97 Å². The number of hydrogen-bond donors (Lipinski definition) is 1. The lowest BCUT2D eigenvalue weighted by Gasteiger charge is -2.16. The van der Waals surface area contributed by atoms with Gasteiger partial charge < -0.3 is 5.32 Å². The Hall–Kier alpha value is -1.39. The third kappa shape index (κ3) is 4.55. The number of hydrogen-bond acceptors (Lipinski definition) is 3. The second kappa shape index (κ2) is 7.45. The van der Waals surface area contributed by atoms with Gasteiger partial charge in [0, 0.05) is 13.5 Å². The average Bonchev–Trinajstić information content (AvgIpc) is 2.53. The smallest absolute Gasteiger partial charge is 0.148 e. The Morgan fingerprint density at radius 1 is 1.04 bits per heavy atom. The lowest BCUT2D eigenvalue weighted by Crippen LogP contribution is -2.37. The van der Waals surface area contributed by atoms with Crippen LogP contribution in [-0.2, 0) is 19.3 Å². The van der Waals surface area contributed by atoms with Gasteiger partial charge in [-0.2, -0.15) is 0 Å². The number of benzene rings is 1. The normalized spacial score (nSPS) is 11.6. The molecule has 0 aliphatic heterocycles. The number of rotatable bonds is 6. The SMILES string of the molecule is CCc1nc(CCc2ccc([Si](C)(C)C)cc2)nc(NC)c1Cl. The second-order valence-corrected chi connectivity index (χ2v) is 12.3. The topological polar surface area (TPSA) is 37.8 Å². The van der Waals surface area contributed by atoms with E-state index in [-0.39, 0.29) is 0 Å². The van der Waals surface area contributed by atoms with Crippen molar-refractivity contribution in [3.05, 3.63) is 46.4 Å². The highest BCUT2D eigenvalue weighted by Crippen LogP contribution is 2.23. The fraction of sp³-hybridized carbons (Fsp3) is 0.444. The molecule has 3 nitrogen and oxygen atoms in total. The summed E-state index contributed by atoms with van der Waals surface area (Å²) < 4.78 is 0. The zero-order valence-corrected chi connectivity index (χ0v) is 16.5. The predicted octanol–water partition coefficient (Wildman–Crippen LogP) is 4.06. The first-order chi connectivity index (χ1) is 10.8. The Balaban J connectivity index is 2.12. The molecular formula is C18H26ClN3Si. The monoisotopic (exact) mass is 347 g/mol. The van der Waals surface area contributed by atoms with E-state index >= 15 is 0 Å². The molecule has 0 spiro atoms. The van der Waals surface area contributed by atoms with E-state index in [9.17, 15) is 0 Å². The third-order valence-electron chi connectivity index (χ3n) is 4.00. The Labute approximate surface area is 145 Å². The van der Waals surface area contributed by atoms with E-state index in [2.05, 4.69) is 66.1 Å². The zero-order chi connectivity index (χ0) is 17.0. The van der Waals surface area contributed by atoms with Gasteiger partial charge in [0.25, 0.3) is 0 Å². The van der Waals surface area contributed by atoms with Crippen molar-refractivity contribution >= 4 is 30.7 Å². The Bertz CT molecular complexity index is 638. The van der Waals surface area contributed by atoms with Crippen molar-refractivity contribution in [1.29, 1.82) is 0 Å². The van der Waals surface area contributed by atoms with Crippen LogP contribution in [0.5, 0.6) is 0 Å². The number of nitrogens with one attached hydrogen (secondary N) is 1. The summed E-state index contributed by atoms with van der Waals surface area (Å²) >= 11 is 6.27. The molecule has 0 saturated heterocycles. The van der Waals surface area contributed by atoms with Crippen LogP contribution in [0.3, 0.4) is 0 Å². The van der Waals surface area contributed by atoms with Crippen LogP contribution < -0.4 is 10.5 Å². The van der Waals surface area contributed by atoms with Gasteiger partial charge in [0.15, 0.2) is 0 Å². The first kappa shape index (κ1) is 18.0. The highest BCUT2D eigenvalue weighted by molar-refractivity contribution is 6.88. The summed E-state index contributed by atoms with van der Waals surface area (Å²) in [6, 6.07) is 9.04. The number of aromatic nitrogens is 2. The summed E-state index contributed by atoms with van der Waals surface area (Å²) in [5, 5.41) is 5.19. The number of nitrogens with zero attached hydrogens (tertiary/aromatic N) is 2. The average molecular weight is 348 g/mol. The third-order valence-corrected chi connectivity index (χ3v) is 6.46. The number of aryl methyl sites for hydroxylation is 3. The molecule has 0 fully saturated rings. The molecule has 0 saturated carbocycles. The van der Waals surface area contributed by atoms with Crippen molar-refractivity contribution in [3.63, 3.8) is 0 Å². The summed E-state index contributed by atoms with van der Waals surface area (Å²) in [5.41, 5.74) is 2.24. The molecule has 1 aromatic carbocycles. The van der Waals surface area contributed by atoms with E-state index < -0.39 is 8.07 Å². The molecule has 1 aromatic heterocycles. The number of halogens is 1. The second-order valence-electron chi connectivity index (χ2n) is 6.80. The van der Waals surface area contributed by atoms with Crippen molar-refractivity contribution < 1.29 is 0 Å². The molecule has 0 amide bonds. The highest BCUT2D eigenvalue weighted by atomic mass is 35.5. The van der Waals surface area contributed by atoms with Gasteiger partial charge in [-0.3, -0.25) is 0 Å². The van der Waals surface area contributed by atoms with Gasteiger partial charge in [0.1, 0.15) is 16.7 Å². The van der Waals surface area contributed by atoms with Crippen LogP contribution in [-0.4, -0.2) is 25.1 Å². The Morgan fingerprint density at radius 3 is 2.22 bits per heavy atom. The summed E-state index contributed by atoms with van der Waals surface area (Å²) in [7, 11) is 0.618. The van der Waals surface area contributed by atoms with Crippen LogP contribution in [0.15, 0.2) is 24.3 Å². The molecule has 1 N–H and O–H groups in total. The van der Waals surface area contributed by atoms with Gasteiger partial charge >= 0.3 is 0 Å². The van der Waals surface area contributed by atoms with Crippen molar-refractivity contribution in [2.24, 2.45) is 0 Å². The van der Waals surface area contributed by atoms with E-state index in [1.807, 2.05) is 7.05 Å². The van der Waals surface area contributed by atoms with E-state index in [0.717, 1.165) is 36.6 Å². The van der Waals surface area contributed by atoms with Gasteiger partial charge in [0.2, 0.25) is 0 Å². The maximum Gasteiger partial charge on any atom is 0.148 e. The van der Waals surface area contributed by atoms with Gasteiger partial charge in [-0.1, -0.05) is 67.6 Å². The zero-order valence-electron chi connectivity index (χ0n) is 14.7. The molecule has 0 atom stereocenters. The molecule has 0 unspecified atom stereocenters. The number of anilines is 1. The lowest BCUT2D eigenvalue weighted by molar-refractivity contribution is 0.834. The van der Waals surface area contributed by atoms with Crippen molar-refractivity contribution in [2.45, 2.75) is 45.8 Å². The maximum atomic E-state index is 6.27. The molecule has 23 heavy (non-hydrogen) atoms. The molecule has 0 aliphatic rings. The van der Waals surface area contributed by atoms with Gasteiger partial charge in [-0.25, -0.2) is 9.97 Å². The fourth-order valence-electron chi connectivity index (χ4n) is 2.48. The van der Waals surface area contributed by atoms with Crippen LogP contribution in [0.25, 0.3) is 0 Å². The lowest BCUT2D eigenvalue weighted by atomic mass is 10.1. The highest BCUT2D eigenvalue weighted by Gasteiger charge is 2.15. The molecule has 2 rings (SSSR count). The molecule has 124 valence electrons. The minimum Gasteiger partial charge on any atom is -0.372 e. The minimum absolute atomic E-state index is 0.637. The van der Waals surface area contributed by atoms with Gasteiger partial charge in [0.05, 0.1) is 13.8 Å². The van der Waals surface area contributed by atoms with Crippen LogP contribution in [0.1, 0.15) is 24.0 Å². The van der Waals surface area contributed by atoms with E-state index in [0.29, 0.717) is 5.02 Å². The van der Waals surface area contributed by atoms with E-state index in [1.54, 1.807) is 0 Å². The molecule has 1 heterocycles. The maximum absolute atomic E-state index is 6.27. The molecule has 0 bridgehead atoms. The summed E-state index contributed by atoms with van der Waals surface area (Å²) in [6.07, 6.45) is 2.58. The largest absolute Gasteiger partial charge is 0.372 e. The quantitative estimate of drug-likeness (QED) is 0.800. The van der Waals surface area contributed by atoms with Crippen LogP contribution >= 0.6 is 11.6 Å². The van der Waals surface area contributed by atoms with Crippen molar-refractivity contribution in [2.75, 3.05) is 12.4 Å². The summed E-state index contributed by atoms with van der Waals surface area (Å²) in [6.45, 7) is 9.17. The van der Waals surface area contributed by atoms with E-state index in [1.165, 1.54) is 10.8 Å². The van der Waals surface area contributed by atoms with Crippen LogP contribution in [0, 0.1) is 0 Å². The Kier molecular flexibility index (Phi) is 5.82. The predicted molar refractivity (Wildman–Crippen MR) is 103 cm³/mol. The van der Waals surface area contributed by atoms with Crippen molar-refractivity contribution in [3.8, 4) is 0 Å². The molecular weight excluding hydrogens is 322 g/mol. The molecule has 0 radical (unpaired) electrons. The molecule has 0 aliphatic carbocycles. The molecule has 2 aromatic rings. The van der Waals surface area contributed by atoms with E-state index in [4.69, 9.17) is 11.6 Å². The molecule has 5 heteroatoms. The summed E-state index contributed by atoms with van der Waals surface area (Å²) in [4.78, 5) is 9.12. The Morgan fingerprint density at radius 2 is 1.70 bits per heavy atom. The van der Waals surface area contributed by atoms with Crippen LogP contribution in [0.2, 0.25) is 24.7 Å².